The van der Waals surface area contributed by atoms with Crippen LogP contribution in [-0.2, 0) is 6.54 Å². The molecule has 4 heteroatoms. The number of nitrogens with zero attached hydrogens (tertiary/aromatic N) is 1. The van der Waals surface area contributed by atoms with Crippen molar-refractivity contribution in [3.63, 3.8) is 0 Å². The van der Waals surface area contributed by atoms with Crippen molar-refractivity contribution >= 4 is 11.8 Å². The highest BCUT2D eigenvalue weighted by Crippen LogP contribution is 2.25. The second kappa shape index (κ2) is 5.03. The van der Waals surface area contributed by atoms with Gasteiger partial charge in [0.25, 0.3) is 0 Å². The number of hydrogen-bond donors (Lipinski definition) is 1. The molecule has 1 saturated heterocycles. The molecule has 3 nitrogen and oxygen atoms in total. The van der Waals surface area contributed by atoms with Crippen molar-refractivity contribution in [1.29, 1.82) is 0 Å². The average Bonchev–Trinajstić information content (AvgIpc) is 2.63. The maximum atomic E-state index is 5.04. The third-order valence-corrected chi connectivity index (χ3v) is 4.21. The minimum absolute atomic E-state index is 0.626. The Bertz CT molecular complexity index is 313. The Balaban J connectivity index is 1.81. The van der Waals surface area contributed by atoms with Gasteiger partial charge in [-0.1, -0.05) is 12.1 Å². The number of thioether (sulfide) groups is 1. The Labute approximate surface area is 95.0 Å². The van der Waals surface area contributed by atoms with E-state index in [-0.39, 0.29) is 0 Å². The quantitative estimate of drug-likeness (QED) is 0.858. The number of nitrogens with one attached hydrogen (secondary N) is 1. The predicted octanol–water partition coefficient (Wildman–Crippen LogP) is 2.36. The van der Waals surface area contributed by atoms with E-state index in [9.17, 15) is 0 Å². The summed E-state index contributed by atoms with van der Waals surface area (Å²) in [6, 6.07) is 2.62. The smallest absolute Gasteiger partial charge is 0.133 e. The van der Waals surface area contributed by atoms with Crippen LogP contribution in [0.3, 0.4) is 0 Å². The summed E-state index contributed by atoms with van der Waals surface area (Å²) in [5.41, 5.74) is 1.01. The second-order valence-corrected chi connectivity index (χ2v) is 5.62. The lowest BCUT2D eigenvalue weighted by atomic mass is 10.1. The monoisotopic (exact) mass is 226 g/mol. The molecule has 0 aliphatic carbocycles. The van der Waals surface area contributed by atoms with Gasteiger partial charge in [-0.25, -0.2) is 0 Å². The topological polar surface area (TPSA) is 38.1 Å². The summed E-state index contributed by atoms with van der Waals surface area (Å²) in [6.45, 7) is 5.05. The molecule has 0 saturated carbocycles. The Hall–Kier alpha value is -0.480. The number of aromatic nitrogens is 1. The zero-order chi connectivity index (χ0) is 10.7. The highest BCUT2D eigenvalue weighted by Gasteiger charge is 2.21. The maximum absolute atomic E-state index is 5.04. The van der Waals surface area contributed by atoms with Gasteiger partial charge in [-0.2, -0.15) is 11.8 Å². The van der Waals surface area contributed by atoms with Crippen molar-refractivity contribution in [2.24, 2.45) is 0 Å². The molecule has 2 atom stereocenters. The van der Waals surface area contributed by atoms with E-state index >= 15 is 0 Å². The van der Waals surface area contributed by atoms with Crippen LogP contribution >= 0.6 is 11.8 Å². The third kappa shape index (κ3) is 2.98. The summed E-state index contributed by atoms with van der Waals surface area (Å²) in [5, 5.41) is 8.25. The number of hydrogen-bond acceptors (Lipinski definition) is 4. The molecule has 0 amide bonds. The van der Waals surface area contributed by atoms with E-state index in [0.717, 1.165) is 18.0 Å². The van der Waals surface area contributed by atoms with Gasteiger partial charge in [0.1, 0.15) is 5.76 Å². The molecule has 0 radical (unpaired) electrons. The molecule has 1 aliphatic heterocycles. The van der Waals surface area contributed by atoms with E-state index < -0.39 is 0 Å². The van der Waals surface area contributed by atoms with Crippen LogP contribution in [-0.4, -0.2) is 22.2 Å². The zero-order valence-corrected chi connectivity index (χ0v) is 10.1. The molecule has 0 bridgehead atoms. The summed E-state index contributed by atoms with van der Waals surface area (Å²) in [7, 11) is 0. The van der Waals surface area contributed by atoms with Crippen LogP contribution in [0.5, 0.6) is 0 Å². The van der Waals surface area contributed by atoms with Gasteiger partial charge < -0.3 is 9.84 Å². The molecule has 0 spiro atoms. The van der Waals surface area contributed by atoms with Crippen molar-refractivity contribution in [3.05, 3.63) is 17.5 Å². The van der Waals surface area contributed by atoms with E-state index in [2.05, 4.69) is 29.2 Å². The molecule has 1 N–H and O–H groups in total. The van der Waals surface area contributed by atoms with Crippen molar-refractivity contribution < 1.29 is 4.52 Å². The molecular weight excluding hydrogens is 208 g/mol. The Morgan fingerprint density at radius 3 is 3.20 bits per heavy atom. The highest BCUT2D eigenvalue weighted by molar-refractivity contribution is 7.99. The molecule has 84 valence electrons. The van der Waals surface area contributed by atoms with Crippen LogP contribution < -0.4 is 5.32 Å². The molecule has 1 aromatic rings. The van der Waals surface area contributed by atoms with Crippen molar-refractivity contribution in [3.8, 4) is 0 Å². The molecule has 1 fully saturated rings. The normalized spacial score (nSPS) is 26.8. The van der Waals surface area contributed by atoms with Gasteiger partial charge in [0.2, 0.25) is 0 Å². The van der Waals surface area contributed by atoms with Gasteiger partial charge in [0.05, 0.1) is 5.69 Å². The van der Waals surface area contributed by atoms with Gasteiger partial charge in [0, 0.05) is 23.9 Å². The third-order valence-electron chi connectivity index (χ3n) is 2.83. The first-order valence-corrected chi connectivity index (χ1v) is 6.58. The van der Waals surface area contributed by atoms with Crippen molar-refractivity contribution in [2.45, 2.75) is 44.5 Å². The molecule has 1 aromatic heterocycles. The van der Waals surface area contributed by atoms with Crippen molar-refractivity contribution in [1.82, 2.24) is 10.5 Å². The maximum Gasteiger partial charge on any atom is 0.133 e. The van der Waals surface area contributed by atoms with Gasteiger partial charge in [-0.05, 0) is 25.5 Å². The summed E-state index contributed by atoms with van der Waals surface area (Å²) < 4.78 is 5.04. The molecule has 2 heterocycles. The SMILES string of the molecule is Cc1cc(CNC2CCCSC2C)no1. The fourth-order valence-corrected chi connectivity index (χ4v) is 3.10. The number of rotatable bonds is 3. The average molecular weight is 226 g/mol. The van der Waals surface area contributed by atoms with E-state index in [0.29, 0.717) is 11.3 Å². The molecular formula is C11H18N2OS. The van der Waals surface area contributed by atoms with Crippen LogP contribution in [0.15, 0.2) is 10.6 Å². The van der Waals surface area contributed by atoms with Crippen LogP contribution in [0, 0.1) is 6.92 Å². The largest absolute Gasteiger partial charge is 0.361 e. The zero-order valence-electron chi connectivity index (χ0n) is 9.32. The molecule has 2 rings (SSSR count). The molecule has 2 unspecified atom stereocenters. The van der Waals surface area contributed by atoms with Crippen LogP contribution in [0.2, 0.25) is 0 Å². The van der Waals surface area contributed by atoms with E-state index in [1.54, 1.807) is 0 Å². The lowest BCUT2D eigenvalue weighted by Gasteiger charge is -2.28. The standard InChI is InChI=1S/C11H18N2OS/c1-8-6-10(13-14-8)7-12-11-4-3-5-15-9(11)2/h6,9,11-12H,3-5,7H2,1-2H3. The van der Waals surface area contributed by atoms with E-state index in [1.807, 2.05) is 13.0 Å². The van der Waals surface area contributed by atoms with Gasteiger partial charge in [-0.15, -0.1) is 0 Å². The summed E-state index contributed by atoms with van der Waals surface area (Å²) in [4.78, 5) is 0. The molecule has 1 aliphatic rings. The fraction of sp³-hybridized carbons (Fsp3) is 0.727. The van der Waals surface area contributed by atoms with Gasteiger partial charge in [-0.3, -0.25) is 0 Å². The Kier molecular flexibility index (Phi) is 3.70. The summed E-state index contributed by atoms with van der Waals surface area (Å²) in [6.07, 6.45) is 2.61. The van der Waals surface area contributed by atoms with E-state index in [4.69, 9.17) is 4.52 Å². The first-order chi connectivity index (χ1) is 7.25. The van der Waals surface area contributed by atoms with Gasteiger partial charge >= 0.3 is 0 Å². The van der Waals surface area contributed by atoms with Crippen LogP contribution in [0.25, 0.3) is 0 Å². The summed E-state index contributed by atoms with van der Waals surface area (Å²) in [5.74, 6) is 2.19. The summed E-state index contributed by atoms with van der Waals surface area (Å²) >= 11 is 2.06. The van der Waals surface area contributed by atoms with Gasteiger partial charge in [0.15, 0.2) is 0 Å². The molecule has 15 heavy (non-hydrogen) atoms. The van der Waals surface area contributed by atoms with Crippen LogP contribution in [0.1, 0.15) is 31.2 Å². The predicted molar refractivity (Wildman–Crippen MR) is 63.0 cm³/mol. The minimum atomic E-state index is 0.626. The second-order valence-electron chi connectivity index (χ2n) is 4.13. The first-order valence-electron chi connectivity index (χ1n) is 5.53. The van der Waals surface area contributed by atoms with Crippen molar-refractivity contribution in [2.75, 3.05) is 5.75 Å². The highest BCUT2D eigenvalue weighted by atomic mass is 32.2. The fourth-order valence-electron chi connectivity index (χ4n) is 1.93. The number of aryl methyl sites for hydroxylation is 1. The Morgan fingerprint density at radius 1 is 1.67 bits per heavy atom. The van der Waals surface area contributed by atoms with Crippen LogP contribution in [0.4, 0.5) is 0 Å². The first kappa shape index (κ1) is 11.0. The lowest BCUT2D eigenvalue weighted by molar-refractivity contribution is 0.382. The van der Waals surface area contributed by atoms with E-state index in [1.165, 1.54) is 18.6 Å². The Morgan fingerprint density at radius 2 is 2.53 bits per heavy atom. The minimum Gasteiger partial charge on any atom is -0.361 e. The molecule has 0 aromatic carbocycles. The lowest BCUT2D eigenvalue weighted by Crippen LogP contribution is -2.38.